The van der Waals surface area contributed by atoms with E-state index in [1.165, 1.54) is 12.3 Å². The standard InChI is InChI=1S/C14H18F3N3O3S/c15-14(16,17)10-23-13-7-11(1-2-18-13)8-19-12(21)9-20-3-5-24(22)6-4-20/h1-2,7H,3-6,8-10H2,(H,19,21). The highest BCUT2D eigenvalue weighted by atomic mass is 32.2. The molecule has 0 unspecified atom stereocenters. The number of nitrogens with one attached hydrogen (secondary N) is 1. The van der Waals surface area contributed by atoms with Crippen LogP contribution in [0.15, 0.2) is 18.3 Å². The molecular weight excluding hydrogens is 347 g/mol. The van der Waals surface area contributed by atoms with E-state index in [9.17, 15) is 22.2 Å². The summed E-state index contributed by atoms with van der Waals surface area (Å²) in [5.41, 5.74) is 0.593. The van der Waals surface area contributed by atoms with Gasteiger partial charge in [-0.05, 0) is 11.6 Å². The van der Waals surface area contributed by atoms with Gasteiger partial charge in [-0.2, -0.15) is 13.2 Å². The SMILES string of the molecule is O=C(CN1CCS(=O)CC1)NCc1ccnc(OCC(F)(F)F)c1. The van der Waals surface area contributed by atoms with E-state index in [4.69, 9.17) is 0 Å². The van der Waals surface area contributed by atoms with E-state index in [-0.39, 0.29) is 24.9 Å². The van der Waals surface area contributed by atoms with Gasteiger partial charge in [0.25, 0.3) is 0 Å². The third-order valence-electron chi connectivity index (χ3n) is 3.31. The van der Waals surface area contributed by atoms with Gasteiger partial charge in [-0.25, -0.2) is 4.98 Å². The third-order valence-corrected chi connectivity index (χ3v) is 4.59. The Kier molecular flexibility index (Phi) is 6.55. The lowest BCUT2D eigenvalue weighted by atomic mass is 10.2. The van der Waals surface area contributed by atoms with Crippen molar-refractivity contribution in [3.05, 3.63) is 23.9 Å². The van der Waals surface area contributed by atoms with Crippen molar-refractivity contribution in [2.24, 2.45) is 0 Å². The number of pyridine rings is 1. The number of aromatic nitrogens is 1. The van der Waals surface area contributed by atoms with Crippen molar-refractivity contribution in [3.63, 3.8) is 0 Å². The summed E-state index contributed by atoms with van der Waals surface area (Å²) in [6, 6.07) is 2.95. The summed E-state index contributed by atoms with van der Waals surface area (Å²) >= 11 is 0. The van der Waals surface area contributed by atoms with Gasteiger partial charge in [0.1, 0.15) is 0 Å². The van der Waals surface area contributed by atoms with Gasteiger partial charge in [0.15, 0.2) is 6.61 Å². The average molecular weight is 365 g/mol. The second-order valence-electron chi connectivity index (χ2n) is 5.31. The topological polar surface area (TPSA) is 71.5 Å². The fourth-order valence-electron chi connectivity index (χ4n) is 2.09. The van der Waals surface area contributed by atoms with Crippen molar-refractivity contribution in [2.75, 3.05) is 37.7 Å². The summed E-state index contributed by atoms with van der Waals surface area (Å²) < 4.78 is 52.1. The number of hydrogen-bond donors (Lipinski definition) is 1. The molecule has 0 aliphatic carbocycles. The minimum Gasteiger partial charge on any atom is -0.468 e. The lowest BCUT2D eigenvalue weighted by Crippen LogP contribution is -2.43. The molecule has 134 valence electrons. The summed E-state index contributed by atoms with van der Waals surface area (Å²) in [4.78, 5) is 17.5. The number of ether oxygens (including phenoxy) is 1. The number of carbonyl (C=O) groups excluding carboxylic acids is 1. The van der Waals surface area contributed by atoms with Crippen molar-refractivity contribution >= 4 is 16.7 Å². The van der Waals surface area contributed by atoms with Crippen LogP contribution in [0.3, 0.4) is 0 Å². The van der Waals surface area contributed by atoms with E-state index in [2.05, 4.69) is 15.0 Å². The number of hydrogen-bond acceptors (Lipinski definition) is 5. The zero-order valence-corrected chi connectivity index (χ0v) is 13.7. The summed E-state index contributed by atoms with van der Waals surface area (Å²) in [6.07, 6.45) is -3.10. The van der Waals surface area contributed by atoms with E-state index in [1.54, 1.807) is 6.07 Å². The highest BCUT2D eigenvalue weighted by Crippen LogP contribution is 2.17. The van der Waals surface area contributed by atoms with E-state index >= 15 is 0 Å². The molecule has 0 bridgehead atoms. The molecule has 0 saturated carbocycles. The molecule has 2 rings (SSSR count). The van der Waals surface area contributed by atoms with Crippen LogP contribution in [0, 0.1) is 0 Å². The number of rotatable bonds is 6. The average Bonchev–Trinajstić information content (AvgIpc) is 2.53. The molecule has 0 aromatic carbocycles. The van der Waals surface area contributed by atoms with Crippen LogP contribution in [0.4, 0.5) is 13.2 Å². The molecule has 1 aliphatic heterocycles. The maximum atomic E-state index is 12.1. The number of nitrogens with zero attached hydrogens (tertiary/aromatic N) is 2. The first-order chi connectivity index (χ1) is 11.3. The van der Waals surface area contributed by atoms with Crippen LogP contribution in [0.2, 0.25) is 0 Å². The van der Waals surface area contributed by atoms with E-state index < -0.39 is 23.6 Å². The van der Waals surface area contributed by atoms with Crippen molar-refractivity contribution in [1.29, 1.82) is 0 Å². The molecule has 1 fully saturated rings. The maximum Gasteiger partial charge on any atom is 0.422 e. The van der Waals surface area contributed by atoms with Crippen molar-refractivity contribution in [1.82, 2.24) is 15.2 Å². The largest absolute Gasteiger partial charge is 0.468 e. The van der Waals surface area contributed by atoms with Gasteiger partial charge >= 0.3 is 6.18 Å². The molecule has 1 saturated heterocycles. The Labute approximate surface area is 139 Å². The summed E-state index contributed by atoms with van der Waals surface area (Å²) in [5, 5.41) is 2.70. The molecule has 2 heterocycles. The normalized spacial score (nSPS) is 16.8. The lowest BCUT2D eigenvalue weighted by Gasteiger charge is -2.25. The van der Waals surface area contributed by atoms with E-state index in [0.29, 0.717) is 30.2 Å². The fourth-order valence-corrected chi connectivity index (χ4v) is 3.22. The van der Waals surface area contributed by atoms with Crippen LogP contribution in [-0.2, 0) is 22.1 Å². The smallest absolute Gasteiger partial charge is 0.422 e. The quantitative estimate of drug-likeness (QED) is 0.804. The first-order valence-corrected chi connectivity index (χ1v) is 8.79. The second kappa shape index (κ2) is 8.43. The summed E-state index contributed by atoms with van der Waals surface area (Å²) in [6.45, 7) is 0.199. The first-order valence-electron chi connectivity index (χ1n) is 7.30. The zero-order chi connectivity index (χ0) is 17.6. The van der Waals surface area contributed by atoms with Crippen LogP contribution in [0.5, 0.6) is 5.88 Å². The Morgan fingerprint density at radius 3 is 2.75 bits per heavy atom. The Morgan fingerprint density at radius 2 is 2.08 bits per heavy atom. The molecular formula is C14H18F3N3O3S. The maximum absolute atomic E-state index is 12.1. The van der Waals surface area contributed by atoms with Gasteiger partial charge in [0, 0.05) is 54.2 Å². The Bertz CT molecular complexity index is 588. The molecule has 0 spiro atoms. The van der Waals surface area contributed by atoms with Crippen LogP contribution in [-0.4, -0.2) is 63.9 Å². The first kappa shape index (κ1) is 18.7. The van der Waals surface area contributed by atoms with Crippen molar-refractivity contribution < 1.29 is 26.9 Å². The van der Waals surface area contributed by atoms with Crippen LogP contribution < -0.4 is 10.1 Å². The van der Waals surface area contributed by atoms with Crippen LogP contribution in [0.1, 0.15) is 5.56 Å². The highest BCUT2D eigenvalue weighted by molar-refractivity contribution is 7.85. The predicted octanol–water partition coefficient (Wildman–Crippen LogP) is 0.703. The zero-order valence-electron chi connectivity index (χ0n) is 12.8. The molecule has 0 atom stereocenters. The Balaban J connectivity index is 1.77. The molecule has 1 amide bonds. The minimum absolute atomic E-state index is 0.141. The number of amides is 1. The van der Waals surface area contributed by atoms with Gasteiger partial charge in [0.05, 0.1) is 6.54 Å². The van der Waals surface area contributed by atoms with E-state index in [1.807, 2.05) is 4.90 Å². The van der Waals surface area contributed by atoms with Gasteiger partial charge in [-0.3, -0.25) is 13.9 Å². The van der Waals surface area contributed by atoms with Crippen molar-refractivity contribution in [3.8, 4) is 5.88 Å². The Morgan fingerprint density at radius 1 is 1.38 bits per heavy atom. The minimum atomic E-state index is -4.43. The van der Waals surface area contributed by atoms with Gasteiger partial charge < -0.3 is 10.1 Å². The predicted molar refractivity (Wildman–Crippen MR) is 82.0 cm³/mol. The number of alkyl halides is 3. The highest BCUT2D eigenvalue weighted by Gasteiger charge is 2.28. The summed E-state index contributed by atoms with van der Waals surface area (Å²) in [7, 11) is -0.795. The van der Waals surface area contributed by atoms with E-state index in [0.717, 1.165) is 0 Å². The molecule has 1 aliphatic rings. The third kappa shape index (κ3) is 6.83. The molecule has 1 aromatic rings. The summed E-state index contributed by atoms with van der Waals surface area (Å²) in [5.74, 6) is 0.796. The lowest BCUT2D eigenvalue weighted by molar-refractivity contribution is -0.154. The van der Waals surface area contributed by atoms with Crippen LogP contribution >= 0.6 is 0 Å². The number of carbonyl (C=O) groups is 1. The molecule has 6 nitrogen and oxygen atoms in total. The Hall–Kier alpha value is -1.68. The molecule has 1 N–H and O–H groups in total. The number of halogens is 3. The molecule has 1 aromatic heterocycles. The van der Waals surface area contributed by atoms with Crippen LogP contribution in [0.25, 0.3) is 0 Å². The second-order valence-corrected chi connectivity index (χ2v) is 7.00. The van der Waals surface area contributed by atoms with Gasteiger partial charge in [-0.1, -0.05) is 0 Å². The van der Waals surface area contributed by atoms with Gasteiger partial charge in [0.2, 0.25) is 11.8 Å². The van der Waals surface area contributed by atoms with Gasteiger partial charge in [-0.15, -0.1) is 0 Å². The molecule has 10 heteroatoms. The monoisotopic (exact) mass is 365 g/mol. The van der Waals surface area contributed by atoms with Crippen molar-refractivity contribution in [2.45, 2.75) is 12.7 Å². The molecule has 0 radical (unpaired) electrons. The fraction of sp³-hybridized carbons (Fsp3) is 0.571. The molecule has 24 heavy (non-hydrogen) atoms.